The minimum Gasteiger partial charge on any atom is -0.399 e. The zero-order chi connectivity index (χ0) is 13.4. The summed E-state index contributed by atoms with van der Waals surface area (Å²) in [4.78, 5) is 16.5. The highest BCUT2D eigenvalue weighted by Gasteiger charge is 2.06. The van der Waals surface area contributed by atoms with Crippen LogP contribution in [0.25, 0.3) is 5.52 Å². The summed E-state index contributed by atoms with van der Waals surface area (Å²) in [7, 11) is 0. The van der Waals surface area contributed by atoms with Crippen molar-refractivity contribution in [1.82, 2.24) is 19.2 Å². The average molecular weight is 255 g/mol. The molecular weight excluding hydrogens is 242 g/mol. The smallest absolute Gasteiger partial charge is 0.276 e. The second-order valence-electron chi connectivity index (χ2n) is 4.43. The van der Waals surface area contributed by atoms with E-state index in [-0.39, 0.29) is 5.56 Å². The highest BCUT2D eigenvalue weighted by atomic mass is 16.1. The van der Waals surface area contributed by atoms with Gasteiger partial charge < -0.3 is 10.3 Å². The molecule has 3 heterocycles. The van der Waals surface area contributed by atoms with Crippen LogP contribution >= 0.6 is 0 Å². The van der Waals surface area contributed by atoms with Gasteiger partial charge in [0.05, 0.1) is 17.9 Å². The number of nitrogen functional groups attached to an aromatic ring is 1. The Hall–Kier alpha value is -2.63. The molecule has 3 aromatic rings. The molecule has 0 saturated carbocycles. The standard InChI is InChI=1S/C13H13N5O/c1-9-6-12-13(19)17(4-5-18(12)16-9)8-11-7-10(14)2-3-15-11/h2-7H,8H2,1H3,(H2,14,15). The van der Waals surface area contributed by atoms with Gasteiger partial charge in [-0.1, -0.05) is 0 Å². The Balaban J connectivity index is 2.06. The molecule has 0 bridgehead atoms. The van der Waals surface area contributed by atoms with Gasteiger partial charge in [0.2, 0.25) is 0 Å². The van der Waals surface area contributed by atoms with Crippen molar-refractivity contribution < 1.29 is 0 Å². The van der Waals surface area contributed by atoms with Gasteiger partial charge in [-0.2, -0.15) is 5.10 Å². The van der Waals surface area contributed by atoms with E-state index in [9.17, 15) is 4.79 Å². The number of pyridine rings is 1. The number of anilines is 1. The largest absolute Gasteiger partial charge is 0.399 e. The van der Waals surface area contributed by atoms with E-state index in [4.69, 9.17) is 5.73 Å². The van der Waals surface area contributed by atoms with Gasteiger partial charge in [-0.05, 0) is 25.1 Å². The number of fused-ring (bicyclic) bond motifs is 1. The number of aryl methyl sites for hydroxylation is 1. The number of aromatic nitrogens is 4. The highest BCUT2D eigenvalue weighted by molar-refractivity contribution is 5.45. The van der Waals surface area contributed by atoms with Crippen molar-refractivity contribution in [1.29, 1.82) is 0 Å². The zero-order valence-electron chi connectivity index (χ0n) is 10.4. The lowest BCUT2D eigenvalue weighted by atomic mass is 10.3. The van der Waals surface area contributed by atoms with E-state index >= 15 is 0 Å². The summed E-state index contributed by atoms with van der Waals surface area (Å²) in [5, 5.41) is 4.20. The molecule has 0 radical (unpaired) electrons. The molecule has 96 valence electrons. The Morgan fingerprint density at radius 3 is 2.95 bits per heavy atom. The molecule has 2 N–H and O–H groups in total. The van der Waals surface area contributed by atoms with Gasteiger partial charge in [0.15, 0.2) is 0 Å². The third-order valence-electron chi connectivity index (χ3n) is 2.90. The maximum Gasteiger partial charge on any atom is 0.276 e. The number of rotatable bonds is 2. The fourth-order valence-corrected chi connectivity index (χ4v) is 2.03. The van der Waals surface area contributed by atoms with Crippen molar-refractivity contribution >= 4 is 11.2 Å². The third-order valence-corrected chi connectivity index (χ3v) is 2.90. The summed E-state index contributed by atoms with van der Waals surface area (Å²) in [6.07, 6.45) is 5.10. The molecule has 19 heavy (non-hydrogen) atoms. The van der Waals surface area contributed by atoms with Crippen LogP contribution in [0.4, 0.5) is 5.69 Å². The monoisotopic (exact) mass is 255 g/mol. The van der Waals surface area contributed by atoms with Gasteiger partial charge in [-0.3, -0.25) is 9.78 Å². The van der Waals surface area contributed by atoms with Crippen molar-refractivity contribution in [3.8, 4) is 0 Å². The van der Waals surface area contributed by atoms with Crippen LogP contribution in [0.3, 0.4) is 0 Å². The van der Waals surface area contributed by atoms with Crippen molar-refractivity contribution in [3.63, 3.8) is 0 Å². The summed E-state index contributed by atoms with van der Waals surface area (Å²) in [5.74, 6) is 0. The van der Waals surface area contributed by atoms with Gasteiger partial charge >= 0.3 is 0 Å². The Labute approximate surface area is 109 Å². The van der Waals surface area contributed by atoms with Crippen LogP contribution in [0.2, 0.25) is 0 Å². The molecule has 0 atom stereocenters. The molecule has 0 unspecified atom stereocenters. The Kier molecular flexibility index (Phi) is 2.56. The lowest BCUT2D eigenvalue weighted by Gasteiger charge is -2.06. The molecule has 0 saturated heterocycles. The molecule has 0 aliphatic rings. The Morgan fingerprint density at radius 1 is 1.32 bits per heavy atom. The molecule has 0 aromatic carbocycles. The van der Waals surface area contributed by atoms with E-state index in [1.54, 1.807) is 45.9 Å². The van der Waals surface area contributed by atoms with E-state index in [2.05, 4.69) is 10.1 Å². The first-order valence-electron chi connectivity index (χ1n) is 5.89. The zero-order valence-corrected chi connectivity index (χ0v) is 10.4. The fraction of sp³-hybridized carbons (Fsp3) is 0.154. The summed E-state index contributed by atoms with van der Waals surface area (Å²) in [6.45, 7) is 2.25. The van der Waals surface area contributed by atoms with E-state index in [0.717, 1.165) is 11.4 Å². The molecule has 3 aromatic heterocycles. The second-order valence-corrected chi connectivity index (χ2v) is 4.43. The minimum atomic E-state index is -0.0904. The summed E-state index contributed by atoms with van der Waals surface area (Å²) in [5.41, 5.74) is 8.38. The molecule has 3 rings (SSSR count). The van der Waals surface area contributed by atoms with E-state index in [0.29, 0.717) is 17.7 Å². The molecule has 0 aliphatic heterocycles. The van der Waals surface area contributed by atoms with Crippen LogP contribution < -0.4 is 11.3 Å². The van der Waals surface area contributed by atoms with Gasteiger partial charge in [-0.25, -0.2) is 4.52 Å². The minimum absolute atomic E-state index is 0.0904. The maximum absolute atomic E-state index is 12.3. The van der Waals surface area contributed by atoms with Crippen LogP contribution in [0.1, 0.15) is 11.4 Å². The maximum atomic E-state index is 12.3. The average Bonchev–Trinajstić information content (AvgIpc) is 2.75. The van der Waals surface area contributed by atoms with E-state index < -0.39 is 0 Å². The Bertz CT molecular complexity index is 802. The molecule has 0 amide bonds. The summed E-state index contributed by atoms with van der Waals surface area (Å²) < 4.78 is 3.18. The van der Waals surface area contributed by atoms with Crippen LogP contribution in [0.5, 0.6) is 0 Å². The van der Waals surface area contributed by atoms with Gasteiger partial charge in [-0.15, -0.1) is 0 Å². The van der Waals surface area contributed by atoms with Gasteiger partial charge in [0.25, 0.3) is 5.56 Å². The first kappa shape index (κ1) is 11.5. The summed E-state index contributed by atoms with van der Waals surface area (Å²) in [6, 6.07) is 5.25. The topological polar surface area (TPSA) is 78.2 Å². The number of nitrogens with zero attached hydrogens (tertiary/aromatic N) is 4. The van der Waals surface area contributed by atoms with E-state index in [1.165, 1.54) is 0 Å². The molecule has 0 spiro atoms. The number of nitrogens with two attached hydrogens (primary N) is 1. The van der Waals surface area contributed by atoms with E-state index in [1.807, 2.05) is 6.92 Å². The van der Waals surface area contributed by atoms with Gasteiger partial charge in [0.1, 0.15) is 5.52 Å². The van der Waals surface area contributed by atoms with Crippen LogP contribution in [-0.4, -0.2) is 19.2 Å². The van der Waals surface area contributed by atoms with Crippen LogP contribution in [0.15, 0.2) is 41.6 Å². The van der Waals surface area contributed by atoms with Crippen LogP contribution in [-0.2, 0) is 6.54 Å². The quantitative estimate of drug-likeness (QED) is 0.735. The number of hydrogen-bond donors (Lipinski definition) is 1. The Morgan fingerprint density at radius 2 is 2.16 bits per heavy atom. The normalized spacial score (nSPS) is 11.0. The third kappa shape index (κ3) is 2.08. The second kappa shape index (κ2) is 4.24. The molecule has 0 fully saturated rings. The van der Waals surface area contributed by atoms with Crippen molar-refractivity contribution in [2.75, 3.05) is 5.73 Å². The summed E-state index contributed by atoms with van der Waals surface area (Å²) >= 11 is 0. The number of hydrogen-bond acceptors (Lipinski definition) is 4. The highest BCUT2D eigenvalue weighted by Crippen LogP contribution is 2.05. The fourth-order valence-electron chi connectivity index (χ4n) is 2.03. The van der Waals surface area contributed by atoms with Crippen molar-refractivity contribution in [2.45, 2.75) is 13.5 Å². The first-order valence-corrected chi connectivity index (χ1v) is 5.89. The molecular formula is C13H13N5O. The van der Waals surface area contributed by atoms with Crippen molar-refractivity contribution in [2.24, 2.45) is 0 Å². The first-order chi connectivity index (χ1) is 9.13. The predicted molar refractivity (Wildman–Crippen MR) is 71.9 cm³/mol. The molecule has 0 aliphatic carbocycles. The predicted octanol–water partition coefficient (Wildman–Crippen LogP) is 0.830. The lowest BCUT2D eigenvalue weighted by Crippen LogP contribution is -2.22. The van der Waals surface area contributed by atoms with Crippen molar-refractivity contribution in [3.05, 3.63) is 58.5 Å². The molecule has 6 nitrogen and oxygen atoms in total. The van der Waals surface area contributed by atoms with Gasteiger partial charge in [0, 0.05) is 24.3 Å². The SMILES string of the molecule is Cc1cc2c(=O)n(Cc3cc(N)ccn3)ccn2n1. The lowest BCUT2D eigenvalue weighted by molar-refractivity contribution is 0.726. The molecule has 6 heteroatoms. The van der Waals surface area contributed by atoms with Crippen LogP contribution in [0, 0.1) is 6.92 Å².